The van der Waals surface area contributed by atoms with Gasteiger partial charge < -0.3 is 9.73 Å². The van der Waals surface area contributed by atoms with Crippen LogP contribution in [0, 0.1) is 0 Å². The van der Waals surface area contributed by atoms with Gasteiger partial charge in [0.05, 0.1) is 10.9 Å². The molecule has 24 heavy (non-hydrogen) atoms. The smallest absolute Gasteiger partial charge is 0.251 e. The molecular weight excluding hydrogens is 326 g/mol. The van der Waals surface area contributed by atoms with E-state index in [0.29, 0.717) is 11.3 Å². The number of rotatable bonds is 4. The first-order chi connectivity index (χ1) is 11.3. The number of benzene rings is 2. The van der Waals surface area contributed by atoms with Crippen LogP contribution in [0.4, 0.5) is 0 Å². The standard InChI is InChI=1S/C18H17NO4S/c1-12(17-11-14-5-3-4-6-16(14)23-17)19-18(20)13-7-9-15(10-8-13)24(2,21)22/h3-12H,1-2H3,(H,19,20)/t12-/m1/s1. The molecule has 1 N–H and O–H groups in total. The van der Waals surface area contributed by atoms with Gasteiger partial charge in [0.25, 0.3) is 5.91 Å². The van der Waals surface area contributed by atoms with Gasteiger partial charge >= 0.3 is 0 Å². The number of carbonyl (C=O) groups is 1. The highest BCUT2D eigenvalue weighted by Crippen LogP contribution is 2.23. The zero-order chi connectivity index (χ0) is 17.3. The van der Waals surface area contributed by atoms with E-state index in [1.807, 2.05) is 37.3 Å². The van der Waals surface area contributed by atoms with Crippen molar-refractivity contribution in [3.05, 3.63) is 65.9 Å². The van der Waals surface area contributed by atoms with Crippen molar-refractivity contribution in [1.29, 1.82) is 0 Å². The molecule has 0 saturated carbocycles. The number of fused-ring (bicyclic) bond motifs is 1. The third kappa shape index (κ3) is 3.33. The number of carbonyl (C=O) groups excluding carboxylic acids is 1. The zero-order valence-electron chi connectivity index (χ0n) is 13.3. The van der Waals surface area contributed by atoms with Gasteiger partial charge in [-0.2, -0.15) is 0 Å². The molecule has 1 aromatic heterocycles. The summed E-state index contributed by atoms with van der Waals surface area (Å²) in [5.41, 5.74) is 1.16. The summed E-state index contributed by atoms with van der Waals surface area (Å²) in [5.74, 6) is 0.375. The number of nitrogens with one attached hydrogen (secondary N) is 1. The molecule has 124 valence electrons. The highest BCUT2D eigenvalue weighted by molar-refractivity contribution is 7.90. The molecule has 0 bridgehead atoms. The zero-order valence-corrected chi connectivity index (χ0v) is 14.1. The molecule has 0 spiro atoms. The molecule has 0 unspecified atom stereocenters. The average molecular weight is 343 g/mol. The van der Waals surface area contributed by atoms with E-state index in [1.54, 1.807) is 0 Å². The highest BCUT2D eigenvalue weighted by atomic mass is 32.2. The van der Waals surface area contributed by atoms with Crippen molar-refractivity contribution in [1.82, 2.24) is 5.32 Å². The topological polar surface area (TPSA) is 76.4 Å². The predicted octanol–water partition coefficient (Wildman–Crippen LogP) is 3.33. The molecule has 0 aliphatic carbocycles. The fraction of sp³-hybridized carbons (Fsp3) is 0.167. The Morgan fingerprint density at radius 2 is 1.75 bits per heavy atom. The first-order valence-electron chi connectivity index (χ1n) is 7.44. The van der Waals surface area contributed by atoms with Gasteiger partial charge in [0.1, 0.15) is 11.3 Å². The van der Waals surface area contributed by atoms with E-state index in [1.165, 1.54) is 24.3 Å². The average Bonchev–Trinajstić information content (AvgIpc) is 2.98. The first kappa shape index (κ1) is 16.3. The Kier molecular flexibility index (Phi) is 4.15. The Bertz CT molecular complexity index is 954. The van der Waals surface area contributed by atoms with E-state index in [0.717, 1.165) is 17.2 Å². The lowest BCUT2D eigenvalue weighted by molar-refractivity contribution is 0.0935. The summed E-state index contributed by atoms with van der Waals surface area (Å²) in [5, 5.41) is 3.83. The lowest BCUT2D eigenvalue weighted by Gasteiger charge is -2.11. The molecule has 2 aromatic carbocycles. The van der Waals surface area contributed by atoms with Crippen LogP contribution < -0.4 is 5.32 Å². The van der Waals surface area contributed by atoms with E-state index < -0.39 is 9.84 Å². The minimum Gasteiger partial charge on any atom is -0.459 e. The fourth-order valence-electron chi connectivity index (χ4n) is 2.42. The number of hydrogen-bond acceptors (Lipinski definition) is 4. The fourth-order valence-corrected chi connectivity index (χ4v) is 3.05. The van der Waals surface area contributed by atoms with Crippen molar-refractivity contribution in [2.24, 2.45) is 0 Å². The second-order valence-corrected chi connectivity index (χ2v) is 7.69. The van der Waals surface area contributed by atoms with Crippen LogP contribution in [-0.4, -0.2) is 20.6 Å². The summed E-state index contributed by atoms with van der Waals surface area (Å²) in [6.45, 7) is 1.83. The van der Waals surface area contributed by atoms with Crippen molar-refractivity contribution in [2.45, 2.75) is 17.9 Å². The largest absolute Gasteiger partial charge is 0.459 e. The molecule has 5 nitrogen and oxygen atoms in total. The Hall–Kier alpha value is -2.60. The Morgan fingerprint density at radius 3 is 2.38 bits per heavy atom. The van der Waals surface area contributed by atoms with Gasteiger partial charge in [0.15, 0.2) is 9.84 Å². The van der Waals surface area contributed by atoms with E-state index in [4.69, 9.17) is 4.42 Å². The maximum Gasteiger partial charge on any atom is 0.251 e. The van der Waals surface area contributed by atoms with Crippen LogP contribution >= 0.6 is 0 Å². The number of furan rings is 1. The highest BCUT2D eigenvalue weighted by Gasteiger charge is 2.16. The lowest BCUT2D eigenvalue weighted by atomic mass is 10.1. The van der Waals surface area contributed by atoms with E-state index in [9.17, 15) is 13.2 Å². The van der Waals surface area contributed by atoms with Crippen LogP contribution in [-0.2, 0) is 9.84 Å². The Morgan fingerprint density at radius 1 is 1.08 bits per heavy atom. The number of amides is 1. The second kappa shape index (κ2) is 6.13. The molecule has 0 radical (unpaired) electrons. The summed E-state index contributed by atoms with van der Waals surface area (Å²) in [6.07, 6.45) is 1.13. The Labute approximate surface area is 140 Å². The third-order valence-electron chi connectivity index (χ3n) is 3.76. The van der Waals surface area contributed by atoms with Crippen molar-refractivity contribution in [3.63, 3.8) is 0 Å². The molecule has 0 saturated heterocycles. The molecule has 6 heteroatoms. The number of para-hydroxylation sites is 1. The number of sulfone groups is 1. The summed E-state index contributed by atoms with van der Waals surface area (Å²) in [6, 6.07) is 15.1. The second-order valence-electron chi connectivity index (χ2n) is 5.68. The summed E-state index contributed by atoms with van der Waals surface area (Å²) in [4.78, 5) is 12.5. The van der Waals surface area contributed by atoms with Gasteiger partial charge in [0.2, 0.25) is 0 Å². The maximum absolute atomic E-state index is 12.3. The van der Waals surface area contributed by atoms with Gasteiger partial charge in [-0.05, 0) is 43.3 Å². The molecule has 0 fully saturated rings. The van der Waals surface area contributed by atoms with Crippen LogP contribution in [0.1, 0.15) is 29.1 Å². The van der Waals surface area contributed by atoms with Crippen LogP contribution in [0.15, 0.2) is 63.9 Å². The van der Waals surface area contributed by atoms with Crippen LogP contribution in [0.25, 0.3) is 11.0 Å². The van der Waals surface area contributed by atoms with E-state index >= 15 is 0 Å². The number of hydrogen-bond donors (Lipinski definition) is 1. The quantitative estimate of drug-likeness (QED) is 0.788. The van der Waals surface area contributed by atoms with Gasteiger partial charge in [-0.3, -0.25) is 4.79 Å². The van der Waals surface area contributed by atoms with Crippen molar-refractivity contribution in [3.8, 4) is 0 Å². The molecule has 1 atom stereocenters. The van der Waals surface area contributed by atoms with Gasteiger partial charge in [-0.1, -0.05) is 18.2 Å². The van der Waals surface area contributed by atoms with Crippen molar-refractivity contribution >= 4 is 26.7 Å². The van der Waals surface area contributed by atoms with Crippen molar-refractivity contribution in [2.75, 3.05) is 6.26 Å². The predicted molar refractivity (Wildman–Crippen MR) is 91.6 cm³/mol. The van der Waals surface area contributed by atoms with Crippen LogP contribution in [0.5, 0.6) is 0 Å². The molecule has 1 heterocycles. The van der Waals surface area contributed by atoms with Crippen LogP contribution in [0.3, 0.4) is 0 Å². The lowest BCUT2D eigenvalue weighted by Crippen LogP contribution is -2.26. The van der Waals surface area contributed by atoms with E-state index in [-0.39, 0.29) is 16.8 Å². The molecule has 1 amide bonds. The van der Waals surface area contributed by atoms with E-state index in [2.05, 4.69) is 5.32 Å². The molecule has 0 aliphatic rings. The van der Waals surface area contributed by atoms with Crippen molar-refractivity contribution < 1.29 is 17.6 Å². The molecule has 3 aromatic rings. The Balaban J connectivity index is 1.76. The normalized spacial score (nSPS) is 12.9. The van der Waals surface area contributed by atoms with Gasteiger partial charge in [-0.15, -0.1) is 0 Å². The molecular formula is C18H17NO4S. The third-order valence-corrected chi connectivity index (χ3v) is 4.89. The summed E-state index contributed by atoms with van der Waals surface area (Å²) in [7, 11) is -3.27. The molecule has 0 aliphatic heterocycles. The first-order valence-corrected chi connectivity index (χ1v) is 9.33. The SMILES string of the molecule is C[C@@H](NC(=O)c1ccc(S(C)(=O)=O)cc1)c1cc2ccccc2o1. The van der Waals surface area contributed by atoms with Gasteiger partial charge in [-0.25, -0.2) is 8.42 Å². The maximum atomic E-state index is 12.3. The summed E-state index contributed by atoms with van der Waals surface area (Å²) >= 11 is 0. The van der Waals surface area contributed by atoms with Crippen LogP contribution in [0.2, 0.25) is 0 Å². The summed E-state index contributed by atoms with van der Waals surface area (Å²) < 4.78 is 28.6. The van der Waals surface area contributed by atoms with Gasteiger partial charge in [0, 0.05) is 17.2 Å². The minimum absolute atomic E-state index is 0.185. The molecule has 3 rings (SSSR count). The minimum atomic E-state index is -3.27. The monoisotopic (exact) mass is 343 g/mol.